The second kappa shape index (κ2) is 6.52. The molecule has 1 heterocycles. The first kappa shape index (κ1) is 14.5. The summed E-state index contributed by atoms with van der Waals surface area (Å²) >= 11 is 13.8. The van der Waals surface area contributed by atoms with Gasteiger partial charge in [0.05, 0.1) is 0 Å². The van der Waals surface area contributed by atoms with Gasteiger partial charge in [-0.2, -0.15) is 0 Å². The standard InChI is InChI=1S/C17H13Cl2NS/c18-13-8-12(9-14(19)10-13)11-20-16-5-2-1-4-15(16)17-6-3-7-21-17/h1-10,20H,11H2. The largest absolute Gasteiger partial charge is 0.380 e. The molecule has 0 radical (unpaired) electrons. The fraction of sp³-hybridized carbons (Fsp3) is 0.0588. The normalized spacial score (nSPS) is 10.6. The van der Waals surface area contributed by atoms with Crippen molar-refractivity contribution in [2.75, 3.05) is 5.32 Å². The van der Waals surface area contributed by atoms with Crippen molar-refractivity contribution < 1.29 is 0 Å². The second-order valence-electron chi connectivity index (χ2n) is 4.65. The molecule has 0 saturated carbocycles. The molecule has 0 atom stereocenters. The Morgan fingerprint density at radius 3 is 2.38 bits per heavy atom. The van der Waals surface area contributed by atoms with Crippen molar-refractivity contribution in [3.8, 4) is 10.4 Å². The van der Waals surface area contributed by atoms with Gasteiger partial charge < -0.3 is 5.32 Å². The smallest absolute Gasteiger partial charge is 0.0430 e. The number of nitrogens with one attached hydrogen (secondary N) is 1. The SMILES string of the molecule is Clc1cc(Cl)cc(CNc2ccccc2-c2cccs2)c1. The highest BCUT2D eigenvalue weighted by Crippen LogP contribution is 2.31. The molecular weight excluding hydrogens is 321 g/mol. The van der Waals surface area contributed by atoms with Crippen molar-refractivity contribution in [1.29, 1.82) is 0 Å². The lowest BCUT2D eigenvalue weighted by atomic mass is 10.1. The average Bonchev–Trinajstić information content (AvgIpc) is 2.98. The van der Waals surface area contributed by atoms with Gasteiger partial charge in [-0.15, -0.1) is 11.3 Å². The van der Waals surface area contributed by atoms with Crippen molar-refractivity contribution in [3.05, 3.63) is 75.6 Å². The van der Waals surface area contributed by atoms with E-state index in [4.69, 9.17) is 23.2 Å². The number of benzene rings is 2. The van der Waals surface area contributed by atoms with Crippen molar-refractivity contribution in [3.63, 3.8) is 0 Å². The summed E-state index contributed by atoms with van der Waals surface area (Å²) in [6.07, 6.45) is 0. The van der Waals surface area contributed by atoms with E-state index < -0.39 is 0 Å². The Morgan fingerprint density at radius 1 is 0.905 bits per heavy atom. The lowest BCUT2D eigenvalue weighted by Crippen LogP contribution is -2.00. The number of rotatable bonds is 4. The van der Waals surface area contributed by atoms with Crippen LogP contribution in [0.4, 0.5) is 5.69 Å². The topological polar surface area (TPSA) is 12.0 Å². The van der Waals surface area contributed by atoms with Crippen LogP contribution in [-0.2, 0) is 6.54 Å². The molecule has 0 bridgehead atoms. The van der Waals surface area contributed by atoms with Crippen LogP contribution in [0.5, 0.6) is 0 Å². The maximum Gasteiger partial charge on any atom is 0.0430 e. The molecule has 4 heteroatoms. The van der Waals surface area contributed by atoms with Gasteiger partial charge in [0.2, 0.25) is 0 Å². The van der Waals surface area contributed by atoms with Crippen LogP contribution in [0.25, 0.3) is 10.4 Å². The summed E-state index contributed by atoms with van der Waals surface area (Å²) in [5.41, 5.74) is 3.38. The van der Waals surface area contributed by atoms with Crippen LogP contribution >= 0.6 is 34.5 Å². The summed E-state index contributed by atoms with van der Waals surface area (Å²) < 4.78 is 0. The third-order valence-corrected chi connectivity index (χ3v) is 4.46. The van der Waals surface area contributed by atoms with Crippen LogP contribution in [0.15, 0.2) is 60.0 Å². The number of thiophene rings is 1. The number of hydrogen-bond donors (Lipinski definition) is 1. The Kier molecular flexibility index (Phi) is 4.49. The average molecular weight is 334 g/mol. The molecule has 0 aliphatic rings. The zero-order valence-electron chi connectivity index (χ0n) is 11.1. The van der Waals surface area contributed by atoms with Crippen LogP contribution in [0.3, 0.4) is 0 Å². The predicted molar refractivity (Wildman–Crippen MR) is 93.5 cm³/mol. The van der Waals surface area contributed by atoms with Crippen LogP contribution in [0, 0.1) is 0 Å². The minimum atomic E-state index is 0.658. The molecule has 0 aliphatic carbocycles. The Bertz CT molecular complexity index is 718. The van der Waals surface area contributed by atoms with Gasteiger partial charge in [-0.25, -0.2) is 0 Å². The van der Waals surface area contributed by atoms with Gasteiger partial charge >= 0.3 is 0 Å². The molecule has 0 unspecified atom stereocenters. The third-order valence-electron chi connectivity index (χ3n) is 3.12. The fourth-order valence-electron chi connectivity index (χ4n) is 2.19. The van der Waals surface area contributed by atoms with Gasteiger partial charge in [0.1, 0.15) is 0 Å². The molecule has 106 valence electrons. The lowest BCUT2D eigenvalue weighted by Gasteiger charge is -2.11. The third kappa shape index (κ3) is 3.59. The van der Waals surface area contributed by atoms with Crippen molar-refractivity contribution in [1.82, 2.24) is 0 Å². The van der Waals surface area contributed by atoms with E-state index in [1.165, 1.54) is 10.4 Å². The molecule has 3 rings (SSSR count). The van der Waals surface area contributed by atoms with Crippen LogP contribution in [0.1, 0.15) is 5.56 Å². The molecule has 1 N–H and O–H groups in total. The fourth-order valence-corrected chi connectivity index (χ4v) is 3.53. The number of halogens is 2. The van der Waals surface area contributed by atoms with Gasteiger partial charge in [-0.05, 0) is 41.3 Å². The molecule has 21 heavy (non-hydrogen) atoms. The summed E-state index contributed by atoms with van der Waals surface area (Å²) in [5.74, 6) is 0. The van der Waals surface area contributed by atoms with Crippen LogP contribution in [-0.4, -0.2) is 0 Å². The zero-order valence-corrected chi connectivity index (χ0v) is 13.5. The summed E-state index contributed by atoms with van der Waals surface area (Å²) in [5, 5.41) is 6.86. The summed E-state index contributed by atoms with van der Waals surface area (Å²) in [7, 11) is 0. The highest BCUT2D eigenvalue weighted by molar-refractivity contribution is 7.13. The number of para-hydroxylation sites is 1. The van der Waals surface area contributed by atoms with E-state index in [2.05, 4.69) is 41.0 Å². The molecule has 0 saturated heterocycles. The van der Waals surface area contributed by atoms with E-state index in [-0.39, 0.29) is 0 Å². The van der Waals surface area contributed by atoms with Gasteiger partial charge in [0.15, 0.2) is 0 Å². The minimum Gasteiger partial charge on any atom is -0.380 e. The molecule has 1 aromatic heterocycles. The molecule has 0 amide bonds. The summed E-state index contributed by atoms with van der Waals surface area (Å²) in [6.45, 7) is 0.683. The van der Waals surface area contributed by atoms with E-state index >= 15 is 0 Å². The van der Waals surface area contributed by atoms with Gasteiger partial charge in [-0.1, -0.05) is 47.5 Å². The maximum absolute atomic E-state index is 6.03. The first-order valence-corrected chi connectivity index (χ1v) is 8.18. The molecule has 0 fully saturated rings. The van der Waals surface area contributed by atoms with Gasteiger partial charge in [0, 0.05) is 32.7 Å². The molecule has 1 nitrogen and oxygen atoms in total. The van der Waals surface area contributed by atoms with E-state index in [0.717, 1.165) is 11.3 Å². The minimum absolute atomic E-state index is 0.658. The Hall–Kier alpha value is -1.48. The number of anilines is 1. The van der Waals surface area contributed by atoms with Crippen LogP contribution in [0.2, 0.25) is 10.0 Å². The first-order chi connectivity index (χ1) is 10.2. The Labute approximate surface area is 138 Å². The Balaban J connectivity index is 1.82. The van der Waals surface area contributed by atoms with E-state index in [0.29, 0.717) is 16.6 Å². The molecule has 0 aliphatic heterocycles. The maximum atomic E-state index is 6.03. The Morgan fingerprint density at radius 2 is 1.67 bits per heavy atom. The summed E-state index contributed by atoms with van der Waals surface area (Å²) in [6, 6.07) is 18.1. The quantitative estimate of drug-likeness (QED) is 0.587. The predicted octanol–water partition coefficient (Wildman–Crippen LogP) is 6.33. The van der Waals surface area contributed by atoms with Crippen molar-refractivity contribution in [2.24, 2.45) is 0 Å². The van der Waals surface area contributed by atoms with E-state index in [1.54, 1.807) is 17.4 Å². The van der Waals surface area contributed by atoms with Gasteiger partial charge in [-0.3, -0.25) is 0 Å². The van der Waals surface area contributed by atoms with Crippen molar-refractivity contribution >= 4 is 40.2 Å². The second-order valence-corrected chi connectivity index (χ2v) is 6.47. The molecule has 2 aromatic carbocycles. The molecular formula is C17H13Cl2NS. The van der Waals surface area contributed by atoms with Crippen molar-refractivity contribution in [2.45, 2.75) is 6.54 Å². The number of hydrogen-bond acceptors (Lipinski definition) is 2. The lowest BCUT2D eigenvalue weighted by molar-refractivity contribution is 1.15. The van der Waals surface area contributed by atoms with Crippen LogP contribution < -0.4 is 5.32 Å². The highest BCUT2D eigenvalue weighted by atomic mass is 35.5. The molecule has 0 spiro atoms. The van der Waals surface area contributed by atoms with E-state index in [1.807, 2.05) is 18.2 Å². The monoisotopic (exact) mass is 333 g/mol. The summed E-state index contributed by atoms with van der Waals surface area (Å²) in [4.78, 5) is 1.25. The highest BCUT2D eigenvalue weighted by Gasteiger charge is 2.05. The van der Waals surface area contributed by atoms with E-state index in [9.17, 15) is 0 Å². The first-order valence-electron chi connectivity index (χ1n) is 6.54. The molecule has 3 aromatic rings. The van der Waals surface area contributed by atoms with Gasteiger partial charge in [0.25, 0.3) is 0 Å². The zero-order chi connectivity index (χ0) is 14.7.